The van der Waals surface area contributed by atoms with Crippen molar-refractivity contribution in [1.29, 1.82) is 0 Å². The van der Waals surface area contributed by atoms with Crippen molar-refractivity contribution in [2.45, 2.75) is 19.3 Å². The van der Waals surface area contributed by atoms with Crippen molar-refractivity contribution in [1.82, 2.24) is 5.32 Å². The summed E-state index contributed by atoms with van der Waals surface area (Å²) in [6, 6.07) is 6.20. The van der Waals surface area contributed by atoms with Crippen molar-refractivity contribution >= 4 is 17.7 Å². The van der Waals surface area contributed by atoms with Gasteiger partial charge in [0.25, 0.3) is 0 Å². The number of hydrogen-bond donors (Lipinski definition) is 3. The van der Waals surface area contributed by atoms with Crippen LogP contribution in [0, 0.1) is 12.3 Å². The van der Waals surface area contributed by atoms with Gasteiger partial charge in [-0.05, 0) is 25.0 Å². The molecule has 0 spiro atoms. The maximum Gasteiger partial charge on any atom is 0.341 e. The first-order valence-electron chi connectivity index (χ1n) is 6.55. The molecule has 0 unspecified atom stereocenters. The number of benzene rings is 1. The third-order valence-electron chi connectivity index (χ3n) is 2.49. The summed E-state index contributed by atoms with van der Waals surface area (Å²) in [5.41, 5.74) is 0.527. The van der Waals surface area contributed by atoms with Crippen LogP contribution in [-0.4, -0.2) is 30.3 Å². The third kappa shape index (κ3) is 7.47. The Bertz CT molecular complexity index is 523. The highest BCUT2D eigenvalue weighted by Gasteiger charge is 2.03. The largest absolute Gasteiger partial charge is 0.482 e. The Kier molecular flexibility index (Phi) is 7.22. The Morgan fingerprint density at radius 3 is 2.86 bits per heavy atom. The minimum absolute atomic E-state index is 0.328. The van der Waals surface area contributed by atoms with Gasteiger partial charge in [0.05, 0.1) is 0 Å². The maximum absolute atomic E-state index is 11.6. The molecular formula is C15H18N2O4. The summed E-state index contributed by atoms with van der Waals surface area (Å²) in [5, 5.41) is 13.9. The minimum Gasteiger partial charge on any atom is -0.482 e. The van der Waals surface area contributed by atoms with Crippen LogP contribution < -0.4 is 15.4 Å². The maximum atomic E-state index is 11.6. The number of nitrogens with one attached hydrogen (secondary N) is 2. The quantitative estimate of drug-likeness (QED) is 0.505. The summed E-state index contributed by atoms with van der Waals surface area (Å²) in [5.74, 6) is 1.86. The Hall–Kier alpha value is -2.68. The highest BCUT2D eigenvalue weighted by Crippen LogP contribution is 2.17. The second-order valence-corrected chi connectivity index (χ2v) is 4.25. The van der Waals surface area contributed by atoms with E-state index in [1.165, 1.54) is 0 Å². The van der Waals surface area contributed by atoms with E-state index in [0.717, 1.165) is 12.8 Å². The summed E-state index contributed by atoms with van der Waals surface area (Å²) >= 11 is 0. The van der Waals surface area contributed by atoms with Crippen molar-refractivity contribution < 1.29 is 19.4 Å². The van der Waals surface area contributed by atoms with Gasteiger partial charge in [0.1, 0.15) is 5.75 Å². The van der Waals surface area contributed by atoms with Crippen LogP contribution in [0.25, 0.3) is 0 Å². The first kappa shape index (κ1) is 16.4. The molecule has 0 atom stereocenters. The van der Waals surface area contributed by atoms with Gasteiger partial charge >= 0.3 is 12.0 Å². The number of anilines is 1. The number of aliphatic carboxylic acids is 1. The SMILES string of the molecule is C#CCCCCNC(=O)Nc1cccc(OCC(=O)O)c1. The molecule has 1 aromatic carbocycles. The van der Waals surface area contributed by atoms with E-state index in [1.807, 2.05) is 0 Å². The van der Waals surface area contributed by atoms with Gasteiger partial charge in [0.2, 0.25) is 0 Å². The lowest BCUT2D eigenvalue weighted by Gasteiger charge is -2.09. The van der Waals surface area contributed by atoms with Gasteiger partial charge in [-0.3, -0.25) is 0 Å². The second-order valence-electron chi connectivity index (χ2n) is 4.25. The molecule has 1 aromatic rings. The molecule has 0 aromatic heterocycles. The van der Waals surface area contributed by atoms with Crippen LogP contribution in [0.5, 0.6) is 5.75 Å². The van der Waals surface area contributed by atoms with Crippen LogP contribution in [0.15, 0.2) is 24.3 Å². The Balaban J connectivity index is 2.36. The standard InChI is InChI=1S/C15H18N2O4/c1-2-3-4-5-9-16-15(20)17-12-7-6-8-13(10-12)21-11-14(18)19/h1,6-8,10H,3-5,9,11H2,(H,18,19)(H2,16,17,20). The van der Waals surface area contributed by atoms with Crippen LogP contribution in [0.3, 0.4) is 0 Å². The number of ether oxygens (including phenoxy) is 1. The van der Waals surface area contributed by atoms with Gasteiger partial charge in [-0.25, -0.2) is 9.59 Å². The number of carbonyl (C=O) groups is 2. The molecule has 0 bridgehead atoms. The van der Waals surface area contributed by atoms with Gasteiger partial charge in [0.15, 0.2) is 6.61 Å². The Labute approximate surface area is 123 Å². The molecule has 21 heavy (non-hydrogen) atoms. The fraction of sp³-hybridized carbons (Fsp3) is 0.333. The molecule has 2 amide bonds. The lowest BCUT2D eigenvalue weighted by molar-refractivity contribution is -0.139. The van der Waals surface area contributed by atoms with Crippen LogP contribution in [0.2, 0.25) is 0 Å². The molecule has 6 nitrogen and oxygen atoms in total. The summed E-state index contributed by atoms with van der Waals surface area (Å²) < 4.78 is 5.03. The number of carboxylic acids is 1. The van der Waals surface area contributed by atoms with Crippen LogP contribution in [-0.2, 0) is 4.79 Å². The molecule has 6 heteroatoms. The summed E-state index contributed by atoms with van der Waals surface area (Å²) in [6.45, 7) is 0.119. The molecule has 0 heterocycles. The Morgan fingerprint density at radius 2 is 2.14 bits per heavy atom. The minimum atomic E-state index is -1.06. The molecule has 3 N–H and O–H groups in total. The van der Waals surface area contributed by atoms with E-state index in [9.17, 15) is 9.59 Å². The highest BCUT2D eigenvalue weighted by atomic mass is 16.5. The van der Waals surface area contributed by atoms with Gasteiger partial charge in [-0.1, -0.05) is 6.07 Å². The van der Waals surface area contributed by atoms with E-state index in [2.05, 4.69) is 16.6 Å². The zero-order valence-electron chi connectivity index (χ0n) is 11.6. The fourth-order valence-electron chi connectivity index (χ4n) is 1.54. The van der Waals surface area contributed by atoms with Crippen molar-refractivity contribution in [3.63, 3.8) is 0 Å². The van der Waals surface area contributed by atoms with Gasteiger partial charge in [-0.15, -0.1) is 12.3 Å². The summed E-state index contributed by atoms with van der Waals surface area (Å²) in [7, 11) is 0. The van der Waals surface area contributed by atoms with E-state index in [-0.39, 0.29) is 6.03 Å². The van der Waals surface area contributed by atoms with Gasteiger partial charge in [0, 0.05) is 24.7 Å². The number of carboxylic acid groups (broad SMARTS) is 1. The van der Waals surface area contributed by atoms with Gasteiger partial charge in [-0.2, -0.15) is 0 Å². The first-order chi connectivity index (χ1) is 10.1. The number of unbranched alkanes of at least 4 members (excludes halogenated alkanes) is 2. The van der Waals surface area contributed by atoms with E-state index < -0.39 is 12.6 Å². The molecule has 112 valence electrons. The average molecular weight is 290 g/mol. The van der Waals surface area contributed by atoms with E-state index >= 15 is 0 Å². The summed E-state index contributed by atoms with van der Waals surface area (Å²) in [4.78, 5) is 22.0. The fourth-order valence-corrected chi connectivity index (χ4v) is 1.54. The lowest BCUT2D eigenvalue weighted by atomic mass is 10.2. The molecule has 0 aliphatic heterocycles. The van der Waals surface area contributed by atoms with E-state index in [0.29, 0.717) is 24.4 Å². The molecule has 0 radical (unpaired) electrons. The predicted molar refractivity (Wildman–Crippen MR) is 79.3 cm³/mol. The Morgan fingerprint density at radius 1 is 1.33 bits per heavy atom. The number of hydrogen-bond acceptors (Lipinski definition) is 3. The molecule has 0 fully saturated rings. The molecule has 0 saturated heterocycles. The van der Waals surface area contributed by atoms with Crippen molar-refractivity contribution in [2.24, 2.45) is 0 Å². The van der Waals surface area contributed by atoms with E-state index in [1.54, 1.807) is 24.3 Å². The van der Waals surface area contributed by atoms with Crippen LogP contribution in [0.4, 0.5) is 10.5 Å². The van der Waals surface area contributed by atoms with Crippen LogP contribution in [0.1, 0.15) is 19.3 Å². The van der Waals surface area contributed by atoms with Crippen molar-refractivity contribution in [3.05, 3.63) is 24.3 Å². The second kappa shape index (κ2) is 9.26. The first-order valence-corrected chi connectivity index (χ1v) is 6.55. The molecule has 0 aliphatic carbocycles. The summed E-state index contributed by atoms with van der Waals surface area (Å²) in [6.07, 6.45) is 7.52. The predicted octanol–water partition coefficient (Wildman–Crippen LogP) is 2.07. The van der Waals surface area contributed by atoms with Crippen molar-refractivity contribution in [3.8, 4) is 18.1 Å². The molecule has 0 aliphatic rings. The zero-order chi connectivity index (χ0) is 15.5. The topological polar surface area (TPSA) is 87.7 Å². The number of urea groups is 1. The smallest absolute Gasteiger partial charge is 0.341 e. The van der Waals surface area contributed by atoms with Crippen LogP contribution >= 0.6 is 0 Å². The third-order valence-corrected chi connectivity index (χ3v) is 2.49. The van der Waals surface area contributed by atoms with Gasteiger partial charge < -0.3 is 20.5 Å². The molecular weight excluding hydrogens is 272 g/mol. The lowest BCUT2D eigenvalue weighted by Crippen LogP contribution is -2.29. The number of rotatable bonds is 8. The normalized spacial score (nSPS) is 9.48. The number of terminal acetylenes is 1. The molecule has 1 rings (SSSR count). The number of amides is 2. The number of carbonyl (C=O) groups excluding carboxylic acids is 1. The van der Waals surface area contributed by atoms with Crippen molar-refractivity contribution in [2.75, 3.05) is 18.5 Å². The highest BCUT2D eigenvalue weighted by molar-refractivity contribution is 5.89. The molecule has 0 saturated carbocycles. The van der Waals surface area contributed by atoms with E-state index in [4.69, 9.17) is 16.3 Å². The monoisotopic (exact) mass is 290 g/mol. The average Bonchev–Trinajstić information content (AvgIpc) is 2.45. The zero-order valence-corrected chi connectivity index (χ0v) is 11.6.